The predicted octanol–water partition coefficient (Wildman–Crippen LogP) is 1.14. The van der Waals surface area contributed by atoms with E-state index in [1.54, 1.807) is 11.3 Å². The van der Waals surface area contributed by atoms with Gasteiger partial charge in [-0.2, -0.15) is 0 Å². The van der Waals surface area contributed by atoms with E-state index in [-0.39, 0.29) is 6.10 Å². The van der Waals surface area contributed by atoms with Crippen LogP contribution in [0.5, 0.6) is 0 Å². The van der Waals surface area contributed by atoms with Gasteiger partial charge in [-0.15, -0.1) is 11.3 Å². The first kappa shape index (κ1) is 11.1. The van der Waals surface area contributed by atoms with Crippen LogP contribution in [0.25, 0.3) is 0 Å². The predicted molar refractivity (Wildman–Crippen MR) is 60.9 cm³/mol. The normalized spacial score (nSPS) is 27.3. The lowest BCUT2D eigenvalue weighted by atomic mass is 9.82. The second-order valence-electron chi connectivity index (χ2n) is 4.18. The molecule has 0 aliphatic heterocycles. The van der Waals surface area contributed by atoms with Gasteiger partial charge in [-0.1, -0.05) is 6.07 Å². The molecular weight excluding hydrogens is 210 g/mol. The van der Waals surface area contributed by atoms with E-state index >= 15 is 0 Å². The Labute approximate surface area is 93.8 Å². The molecule has 4 heteroatoms. The van der Waals surface area contributed by atoms with Gasteiger partial charge >= 0.3 is 0 Å². The van der Waals surface area contributed by atoms with Crippen LogP contribution in [0.1, 0.15) is 23.8 Å². The summed E-state index contributed by atoms with van der Waals surface area (Å²) in [6.45, 7) is 1.51. The van der Waals surface area contributed by atoms with Gasteiger partial charge in [0.2, 0.25) is 0 Å². The molecule has 1 fully saturated rings. The molecule has 1 aliphatic carbocycles. The number of aliphatic hydroxyl groups is 2. The third-order valence-electron chi connectivity index (χ3n) is 2.85. The summed E-state index contributed by atoms with van der Waals surface area (Å²) in [4.78, 5) is 1.01. The highest BCUT2D eigenvalue weighted by Gasteiger charge is 2.26. The van der Waals surface area contributed by atoms with Crippen molar-refractivity contribution in [2.24, 2.45) is 5.92 Å². The average Bonchev–Trinajstić information content (AvgIpc) is 2.67. The van der Waals surface area contributed by atoms with E-state index in [4.69, 9.17) is 5.11 Å². The van der Waals surface area contributed by atoms with Gasteiger partial charge in [-0.05, 0) is 36.8 Å². The van der Waals surface area contributed by atoms with Crippen LogP contribution in [0.4, 0.5) is 0 Å². The standard InChI is InChI=1S/C11H17NO2S/c13-9-4-8(5-9)6-12-7-10(14)11-2-1-3-15-11/h1-3,8-10,12-14H,4-7H2. The second-order valence-corrected chi connectivity index (χ2v) is 5.16. The minimum Gasteiger partial charge on any atom is -0.393 e. The second kappa shape index (κ2) is 5.07. The highest BCUT2D eigenvalue weighted by atomic mass is 32.1. The Kier molecular flexibility index (Phi) is 3.75. The molecular formula is C11H17NO2S. The Balaban J connectivity index is 1.62. The molecule has 0 amide bonds. The van der Waals surface area contributed by atoms with Gasteiger partial charge in [-0.3, -0.25) is 0 Å². The summed E-state index contributed by atoms with van der Waals surface area (Å²) in [7, 11) is 0. The van der Waals surface area contributed by atoms with Crippen LogP contribution in [0.3, 0.4) is 0 Å². The quantitative estimate of drug-likeness (QED) is 0.707. The van der Waals surface area contributed by atoms with Crippen LogP contribution >= 0.6 is 11.3 Å². The third-order valence-corrected chi connectivity index (χ3v) is 3.83. The summed E-state index contributed by atoms with van der Waals surface area (Å²) in [6.07, 6.45) is 1.33. The van der Waals surface area contributed by atoms with Crippen molar-refractivity contribution in [1.82, 2.24) is 5.32 Å². The monoisotopic (exact) mass is 227 g/mol. The maximum absolute atomic E-state index is 9.76. The van der Waals surface area contributed by atoms with Gasteiger partial charge in [0.05, 0.1) is 6.10 Å². The van der Waals surface area contributed by atoms with Crippen molar-refractivity contribution in [3.05, 3.63) is 22.4 Å². The number of rotatable bonds is 5. The molecule has 1 aromatic rings. The zero-order valence-corrected chi connectivity index (χ0v) is 9.41. The summed E-state index contributed by atoms with van der Waals surface area (Å²) in [5.74, 6) is 0.593. The molecule has 15 heavy (non-hydrogen) atoms. The molecule has 0 spiro atoms. The number of nitrogens with one attached hydrogen (secondary N) is 1. The van der Waals surface area contributed by atoms with Crippen LogP contribution < -0.4 is 5.32 Å². The highest BCUT2D eigenvalue weighted by Crippen LogP contribution is 2.26. The Morgan fingerprint density at radius 2 is 2.33 bits per heavy atom. The molecule has 1 aliphatic rings. The molecule has 3 nitrogen and oxygen atoms in total. The smallest absolute Gasteiger partial charge is 0.101 e. The zero-order valence-electron chi connectivity index (χ0n) is 8.60. The van der Waals surface area contributed by atoms with E-state index in [1.807, 2.05) is 17.5 Å². The molecule has 84 valence electrons. The number of aliphatic hydroxyl groups excluding tert-OH is 2. The van der Waals surface area contributed by atoms with E-state index in [1.165, 1.54) is 0 Å². The minimum atomic E-state index is -0.394. The van der Waals surface area contributed by atoms with Crippen molar-refractivity contribution in [3.8, 4) is 0 Å². The molecule has 0 radical (unpaired) electrons. The number of thiophene rings is 1. The Morgan fingerprint density at radius 3 is 2.93 bits per heavy atom. The molecule has 0 bridgehead atoms. The molecule has 0 aromatic carbocycles. The van der Waals surface area contributed by atoms with Gasteiger partial charge in [0.15, 0.2) is 0 Å². The topological polar surface area (TPSA) is 52.5 Å². The SMILES string of the molecule is OC1CC(CNCC(O)c2cccs2)C1. The minimum absolute atomic E-state index is 0.0842. The van der Waals surface area contributed by atoms with E-state index < -0.39 is 6.10 Å². The summed E-state index contributed by atoms with van der Waals surface area (Å²) < 4.78 is 0. The Morgan fingerprint density at radius 1 is 1.53 bits per heavy atom. The van der Waals surface area contributed by atoms with Crippen LogP contribution in [0, 0.1) is 5.92 Å². The van der Waals surface area contributed by atoms with Crippen LogP contribution in [0.15, 0.2) is 17.5 Å². The van der Waals surface area contributed by atoms with Gasteiger partial charge < -0.3 is 15.5 Å². The fraction of sp³-hybridized carbons (Fsp3) is 0.636. The van der Waals surface area contributed by atoms with E-state index in [0.29, 0.717) is 12.5 Å². The fourth-order valence-corrected chi connectivity index (χ4v) is 2.58. The summed E-state index contributed by atoms with van der Waals surface area (Å²) >= 11 is 1.58. The average molecular weight is 227 g/mol. The first-order valence-corrected chi connectivity index (χ1v) is 6.24. The van der Waals surface area contributed by atoms with E-state index in [9.17, 15) is 5.11 Å². The molecule has 2 rings (SSSR count). The zero-order chi connectivity index (χ0) is 10.7. The van der Waals surface area contributed by atoms with Gasteiger partial charge in [0.1, 0.15) is 6.10 Å². The van der Waals surface area contributed by atoms with Crippen molar-refractivity contribution in [2.45, 2.75) is 25.0 Å². The van der Waals surface area contributed by atoms with Gasteiger partial charge in [0, 0.05) is 11.4 Å². The number of hydrogen-bond acceptors (Lipinski definition) is 4. The van der Waals surface area contributed by atoms with Crippen molar-refractivity contribution in [1.29, 1.82) is 0 Å². The van der Waals surface area contributed by atoms with Crippen LogP contribution in [-0.2, 0) is 0 Å². The van der Waals surface area contributed by atoms with Gasteiger partial charge in [0.25, 0.3) is 0 Å². The molecule has 1 atom stereocenters. The lowest BCUT2D eigenvalue weighted by molar-refractivity contribution is 0.0415. The fourth-order valence-electron chi connectivity index (χ4n) is 1.87. The largest absolute Gasteiger partial charge is 0.393 e. The molecule has 1 aromatic heterocycles. The summed E-state index contributed by atoms with van der Waals surface area (Å²) in [5, 5.41) is 24.1. The lowest BCUT2D eigenvalue weighted by Crippen LogP contribution is -2.37. The third kappa shape index (κ3) is 3.01. The lowest BCUT2D eigenvalue weighted by Gasteiger charge is -2.31. The van der Waals surface area contributed by atoms with Crippen LogP contribution in [-0.4, -0.2) is 29.4 Å². The molecule has 1 heterocycles. The Bertz CT molecular complexity index is 283. The molecule has 1 unspecified atom stereocenters. The van der Waals surface area contributed by atoms with E-state index in [0.717, 1.165) is 24.3 Å². The van der Waals surface area contributed by atoms with Crippen molar-refractivity contribution >= 4 is 11.3 Å². The molecule has 1 saturated carbocycles. The maximum atomic E-state index is 9.76. The van der Waals surface area contributed by atoms with Gasteiger partial charge in [-0.25, -0.2) is 0 Å². The molecule has 3 N–H and O–H groups in total. The summed E-state index contributed by atoms with van der Waals surface area (Å²) in [6, 6.07) is 3.90. The van der Waals surface area contributed by atoms with E-state index in [2.05, 4.69) is 5.32 Å². The first-order chi connectivity index (χ1) is 7.25. The van der Waals surface area contributed by atoms with Crippen molar-refractivity contribution in [2.75, 3.05) is 13.1 Å². The van der Waals surface area contributed by atoms with Crippen molar-refractivity contribution in [3.63, 3.8) is 0 Å². The van der Waals surface area contributed by atoms with Crippen molar-refractivity contribution < 1.29 is 10.2 Å². The van der Waals surface area contributed by atoms with Crippen LogP contribution in [0.2, 0.25) is 0 Å². The number of hydrogen-bond donors (Lipinski definition) is 3. The first-order valence-electron chi connectivity index (χ1n) is 5.36. The Hall–Kier alpha value is -0.420. The summed E-state index contributed by atoms with van der Waals surface area (Å²) in [5.41, 5.74) is 0. The molecule has 0 saturated heterocycles. The highest BCUT2D eigenvalue weighted by molar-refractivity contribution is 7.10. The maximum Gasteiger partial charge on any atom is 0.101 e.